The fraction of sp³-hybridized carbons (Fsp3) is 0.333. The van der Waals surface area contributed by atoms with Crippen molar-refractivity contribution in [2.24, 2.45) is 5.84 Å². The van der Waals surface area contributed by atoms with E-state index in [1.165, 1.54) is 16.7 Å². The van der Waals surface area contributed by atoms with Crippen molar-refractivity contribution >= 4 is 5.82 Å². The van der Waals surface area contributed by atoms with Crippen molar-refractivity contribution in [3.63, 3.8) is 0 Å². The quantitative estimate of drug-likeness (QED) is 0.654. The summed E-state index contributed by atoms with van der Waals surface area (Å²) in [6, 6.07) is 6.18. The van der Waals surface area contributed by atoms with Crippen LogP contribution in [0.4, 0.5) is 5.82 Å². The predicted molar refractivity (Wildman–Crippen MR) is 78.9 cm³/mol. The first-order valence-corrected chi connectivity index (χ1v) is 6.48. The lowest BCUT2D eigenvalue weighted by Gasteiger charge is -2.11. The molecule has 0 spiro atoms. The van der Waals surface area contributed by atoms with Gasteiger partial charge in [0.1, 0.15) is 5.82 Å². The van der Waals surface area contributed by atoms with Crippen LogP contribution in [0.2, 0.25) is 0 Å². The van der Waals surface area contributed by atoms with Gasteiger partial charge in [-0.15, -0.1) is 0 Å². The van der Waals surface area contributed by atoms with Crippen LogP contribution >= 0.6 is 0 Å². The Morgan fingerprint density at radius 2 is 1.68 bits per heavy atom. The molecule has 100 valence electrons. The molecule has 4 nitrogen and oxygen atoms in total. The van der Waals surface area contributed by atoms with Gasteiger partial charge in [-0.25, -0.2) is 15.8 Å². The number of nitrogens with zero attached hydrogens (tertiary/aromatic N) is 2. The molecule has 0 atom stereocenters. The molecule has 0 amide bonds. The number of nitrogen functional groups attached to an aromatic ring is 1. The molecule has 0 fully saturated rings. The highest BCUT2D eigenvalue weighted by Crippen LogP contribution is 2.25. The van der Waals surface area contributed by atoms with Crippen LogP contribution in [0.25, 0.3) is 11.4 Å². The van der Waals surface area contributed by atoms with Crippen molar-refractivity contribution in [3.05, 3.63) is 40.6 Å². The standard InChI is InChI=1S/C15H20N4/c1-5-12-8-14(19-16)18-15(17-12)13-7-10(3)9(2)6-11(13)4/h6-8H,5,16H2,1-4H3,(H,17,18,19). The molecule has 1 aromatic heterocycles. The van der Waals surface area contributed by atoms with Gasteiger partial charge in [0.05, 0.1) is 0 Å². The summed E-state index contributed by atoms with van der Waals surface area (Å²) in [5, 5.41) is 0. The van der Waals surface area contributed by atoms with Gasteiger partial charge in [-0.3, -0.25) is 0 Å². The van der Waals surface area contributed by atoms with E-state index in [9.17, 15) is 0 Å². The average Bonchev–Trinajstić information content (AvgIpc) is 2.42. The normalized spacial score (nSPS) is 10.6. The summed E-state index contributed by atoms with van der Waals surface area (Å²) in [5.74, 6) is 6.85. The number of nitrogens with one attached hydrogen (secondary N) is 1. The van der Waals surface area contributed by atoms with Gasteiger partial charge in [-0.2, -0.15) is 0 Å². The van der Waals surface area contributed by atoms with E-state index in [1.54, 1.807) is 0 Å². The third-order valence-electron chi connectivity index (χ3n) is 3.37. The van der Waals surface area contributed by atoms with Crippen molar-refractivity contribution in [2.75, 3.05) is 5.43 Å². The first-order chi connectivity index (χ1) is 9.05. The van der Waals surface area contributed by atoms with Crippen molar-refractivity contribution in [1.29, 1.82) is 0 Å². The molecule has 0 aliphatic rings. The maximum Gasteiger partial charge on any atom is 0.162 e. The lowest BCUT2D eigenvalue weighted by atomic mass is 10.0. The Morgan fingerprint density at radius 1 is 1.00 bits per heavy atom. The van der Waals surface area contributed by atoms with Gasteiger partial charge in [0.25, 0.3) is 0 Å². The van der Waals surface area contributed by atoms with Gasteiger partial charge in [0, 0.05) is 17.3 Å². The molecule has 1 aromatic carbocycles. The Kier molecular flexibility index (Phi) is 3.81. The summed E-state index contributed by atoms with van der Waals surface area (Å²) in [7, 11) is 0. The number of benzene rings is 1. The second kappa shape index (κ2) is 5.36. The van der Waals surface area contributed by atoms with Crippen LogP contribution < -0.4 is 11.3 Å². The Hall–Kier alpha value is -1.94. The number of hydrogen-bond acceptors (Lipinski definition) is 4. The maximum absolute atomic E-state index is 5.47. The number of rotatable bonds is 3. The summed E-state index contributed by atoms with van der Waals surface area (Å²) in [6.45, 7) is 8.37. The minimum atomic E-state index is 0.652. The van der Waals surface area contributed by atoms with Crippen LogP contribution in [0.15, 0.2) is 18.2 Å². The molecule has 4 heteroatoms. The molecule has 0 aliphatic heterocycles. The van der Waals surface area contributed by atoms with E-state index in [0.717, 1.165) is 23.5 Å². The molecule has 3 N–H and O–H groups in total. The van der Waals surface area contributed by atoms with Gasteiger partial charge >= 0.3 is 0 Å². The number of nitrogens with two attached hydrogens (primary N) is 1. The minimum absolute atomic E-state index is 0.652. The van der Waals surface area contributed by atoms with Crippen molar-refractivity contribution in [2.45, 2.75) is 34.1 Å². The molecular weight excluding hydrogens is 236 g/mol. The van der Waals surface area contributed by atoms with E-state index < -0.39 is 0 Å². The molecule has 0 saturated heterocycles. The second-order valence-corrected chi connectivity index (χ2v) is 4.82. The topological polar surface area (TPSA) is 63.8 Å². The Labute approximate surface area is 114 Å². The maximum atomic E-state index is 5.47. The number of aryl methyl sites for hydroxylation is 4. The van der Waals surface area contributed by atoms with Gasteiger partial charge < -0.3 is 5.43 Å². The monoisotopic (exact) mass is 256 g/mol. The van der Waals surface area contributed by atoms with Crippen LogP contribution in [-0.4, -0.2) is 9.97 Å². The molecule has 2 rings (SSSR count). The third-order valence-corrected chi connectivity index (χ3v) is 3.37. The Balaban J connectivity index is 2.61. The highest BCUT2D eigenvalue weighted by Gasteiger charge is 2.10. The van der Waals surface area contributed by atoms with Crippen LogP contribution in [0.5, 0.6) is 0 Å². The first kappa shape index (κ1) is 13.5. The predicted octanol–water partition coefficient (Wildman–Crippen LogP) is 2.92. The van der Waals surface area contributed by atoms with E-state index in [2.05, 4.69) is 55.2 Å². The summed E-state index contributed by atoms with van der Waals surface area (Å²) in [6.07, 6.45) is 0.855. The zero-order valence-corrected chi connectivity index (χ0v) is 11.9. The van der Waals surface area contributed by atoms with Gasteiger partial charge in [-0.1, -0.05) is 13.0 Å². The molecule has 0 aliphatic carbocycles. The SMILES string of the molecule is CCc1cc(NN)nc(-c2cc(C)c(C)cc2C)n1. The molecule has 1 heterocycles. The van der Waals surface area contributed by atoms with E-state index in [1.807, 2.05) is 6.07 Å². The summed E-state index contributed by atoms with van der Waals surface area (Å²) >= 11 is 0. The highest BCUT2D eigenvalue weighted by molar-refractivity contribution is 5.63. The van der Waals surface area contributed by atoms with E-state index in [4.69, 9.17) is 5.84 Å². The fourth-order valence-electron chi connectivity index (χ4n) is 2.07. The van der Waals surface area contributed by atoms with Crippen LogP contribution in [-0.2, 0) is 6.42 Å². The second-order valence-electron chi connectivity index (χ2n) is 4.82. The molecular formula is C15H20N4. The smallest absolute Gasteiger partial charge is 0.162 e. The zero-order valence-electron chi connectivity index (χ0n) is 11.9. The van der Waals surface area contributed by atoms with E-state index >= 15 is 0 Å². The molecule has 0 bridgehead atoms. The third kappa shape index (κ3) is 2.74. The molecule has 0 unspecified atom stereocenters. The molecule has 0 radical (unpaired) electrons. The Morgan fingerprint density at radius 3 is 2.32 bits per heavy atom. The molecule has 0 saturated carbocycles. The van der Waals surface area contributed by atoms with Gasteiger partial charge in [-0.05, 0) is 49.9 Å². The first-order valence-electron chi connectivity index (χ1n) is 6.48. The van der Waals surface area contributed by atoms with Crippen LogP contribution in [0.1, 0.15) is 29.3 Å². The molecule has 19 heavy (non-hydrogen) atoms. The average molecular weight is 256 g/mol. The lowest BCUT2D eigenvalue weighted by molar-refractivity contribution is 0.999. The van der Waals surface area contributed by atoms with Crippen LogP contribution in [0, 0.1) is 20.8 Å². The van der Waals surface area contributed by atoms with E-state index in [-0.39, 0.29) is 0 Å². The zero-order chi connectivity index (χ0) is 14.0. The van der Waals surface area contributed by atoms with Crippen molar-refractivity contribution in [3.8, 4) is 11.4 Å². The van der Waals surface area contributed by atoms with Crippen molar-refractivity contribution < 1.29 is 0 Å². The largest absolute Gasteiger partial charge is 0.308 e. The number of anilines is 1. The fourth-order valence-corrected chi connectivity index (χ4v) is 2.07. The van der Waals surface area contributed by atoms with Gasteiger partial charge in [0.2, 0.25) is 0 Å². The number of aromatic nitrogens is 2. The molecule has 2 aromatic rings. The van der Waals surface area contributed by atoms with E-state index in [0.29, 0.717) is 5.82 Å². The van der Waals surface area contributed by atoms with Crippen LogP contribution in [0.3, 0.4) is 0 Å². The minimum Gasteiger partial charge on any atom is -0.308 e. The number of hydrazine groups is 1. The summed E-state index contributed by atoms with van der Waals surface area (Å²) < 4.78 is 0. The number of hydrogen-bond donors (Lipinski definition) is 2. The lowest BCUT2D eigenvalue weighted by Crippen LogP contribution is -2.10. The van der Waals surface area contributed by atoms with Gasteiger partial charge in [0.15, 0.2) is 5.82 Å². The van der Waals surface area contributed by atoms with Crippen molar-refractivity contribution in [1.82, 2.24) is 9.97 Å². The summed E-state index contributed by atoms with van der Waals surface area (Å²) in [5.41, 5.74) is 8.36. The summed E-state index contributed by atoms with van der Waals surface area (Å²) in [4.78, 5) is 9.05. The highest BCUT2D eigenvalue weighted by atomic mass is 15.3. The Bertz CT molecular complexity index is 583.